The first-order chi connectivity index (χ1) is 7.99. The van der Waals surface area contributed by atoms with Gasteiger partial charge >= 0.3 is 0 Å². The molecule has 2 rings (SSSR count). The minimum Gasteiger partial charge on any atom is -0.339 e. The van der Waals surface area contributed by atoms with Crippen LogP contribution in [-0.2, 0) is 4.79 Å². The number of rotatable bonds is 2. The highest BCUT2D eigenvalue weighted by molar-refractivity contribution is 8.00. The van der Waals surface area contributed by atoms with Gasteiger partial charge in [-0.1, -0.05) is 6.92 Å². The molecule has 4 heteroatoms. The summed E-state index contributed by atoms with van der Waals surface area (Å²) in [4.78, 5) is 14.8. The number of amides is 1. The van der Waals surface area contributed by atoms with Crippen molar-refractivity contribution in [3.05, 3.63) is 0 Å². The van der Waals surface area contributed by atoms with Crippen molar-refractivity contribution in [3.63, 3.8) is 0 Å². The second-order valence-electron chi connectivity index (χ2n) is 5.80. The van der Waals surface area contributed by atoms with Crippen molar-refractivity contribution in [2.45, 2.75) is 50.3 Å². The summed E-state index contributed by atoms with van der Waals surface area (Å²) in [5.41, 5.74) is -0.252. The molecule has 1 N–H and O–H groups in total. The van der Waals surface area contributed by atoms with Gasteiger partial charge in [-0.2, -0.15) is 11.8 Å². The number of carbonyl (C=O) groups is 1. The molecule has 2 heterocycles. The third kappa shape index (κ3) is 2.63. The van der Waals surface area contributed by atoms with E-state index >= 15 is 0 Å². The lowest BCUT2D eigenvalue weighted by atomic mass is 9.92. The number of hydrogen-bond acceptors (Lipinski definition) is 3. The minimum atomic E-state index is -0.252. The molecule has 0 aromatic heterocycles. The Morgan fingerprint density at radius 2 is 2.24 bits per heavy atom. The van der Waals surface area contributed by atoms with Gasteiger partial charge in [-0.25, -0.2) is 0 Å². The summed E-state index contributed by atoms with van der Waals surface area (Å²) < 4.78 is 0.210. The van der Waals surface area contributed by atoms with E-state index in [9.17, 15) is 4.79 Å². The van der Waals surface area contributed by atoms with Crippen molar-refractivity contribution >= 4 is 17.7 Å². The van der Waals surface area contributed by atoms with Crippen LogP contribution in [0.15, 0.2) is 0 Å². The molecule has 0 bridgehead atoms. The standard InChI is InChI=1S/C13H24N2OS/c1-4-13(6-5-7-14-13)11(16)15-8-9-17-12(2,3)10-15/h14H,4-10H2,1-3H3. The molecule has 0 aliphatic carbocycles. The molecule has 98 valence electrons. The lowest BCUT2D eigenvalue weighted by Gasteiger charge is -2.41. The van der Waals surface area contributed by atoms with Crippen LogP contribution in [0.3, 0.4) is 0 Å². The smallest absolute Gasteiger partial charge is 0.242 e. The Balaban J connectivity index is 2.08. The van der Waals surface area contributed by atoms with Crippen LogP contribution in [0.1, 0.15) is 40.0 Å². The Labute approximate surface area is 109 Å². The van der Waals surface area contributed by atoms with E-state index in [0.717, 1.165) is 44.6 Å². The van der Waals surface area contributed by atoms with E-state index < -0.39 is 0 Å². The van der Waals surface area contributed by atoms with Gasteiger partial charge in [0.15, 0.2) is 0 Å². The summed E-state index contributed by atoms with van der Waals surface area (Å²) in [5, 5.41) is 3.45. The third-order valence-corrected chi connectivity index (χ3v) is 5.27. The molecular formula is C13H24N2OS. The quantitative estimate of drug-likeness (QED) is 0.818. The lowest BCUT2D eigenvalue weighted by Crippen LogP contribution is -2.58. The summed E-state index contributed by atoms with van der Waals surface area (Å²) in [6.45, 7) is 9.39. The average molecular weight is 256 g/mol. The van der Waals surface area contributed by atoms with E-state index in [4.69, 9.17) is 0 Å². The van der Waals surface area contributed by atoms with Gasteiger partial charge in [0.25, 0.3) is 0 Å². The summed E-state index contributed by atoms with van der Waals surface area (Å²) in [7, 11) is 0. The van der Waals surface area contributed by atoms with Crippen LogP contribution in [0, 0.1) is 0 Å². The van der Waals surface area contributed by atoms with Gasteiger partial charge in [0.05, 0.1) is 5.54 Å². The van der Waals surface area contributed by atoms with Crippen molar-refractivity contribution < 1.29 is 4.79 Å². The molecule has 2 aliphatic rings. The zero-order valence-corrected chi connectivity index (χ0v) is 12.0. The van der Waals surface area contributed by atoms with E-state index in [1.54, 1.807) is 0 Å². The molecule has 0 saturated carbocycles. The lowest BCUT2D eigenvalue weighted by molar-refractivity contribution is -0.138. The minimum absolute atomic E-state index is 0.210. The fraction of sp³-hybridized carbons (Fsp3) is 0.923. The van der Waals surface area contributed by atoms with E-state index in [2.05, 4.69) is 31.0 Å². The first kappa shape index (κ1) is 13.2. The van der Waals surface area contributed by atoms with E-state index in [1.807, 2.05) is 11.8 Å². The predicted molar refractivity (Wildman–Crippen MR) is 73.4 cm³/mol. The maximum absolute atomic E-state index is 12.7. The molecule has 1 atom stereocenters. The molecular weight excluding hydrogens is 232 g/mol. The molecule has 1 unspecified atom stereocenters. The van der Waals surface area contributed by atoms with Crippen LogP contribution in [0.2, 0.25) is 0 Å². The highest BCUT2D eigenvalue weighted by Gasteiger charge is 2.43. The van der Waals surface area contributed by atoms with Crippen LogP contribution < -0.4 is 5.32 Å². The number of nitrogens with one attached hydrogen (secondary N) is 1. The predicted octanol–water partition coefficient (Wildman–Crippen LogP) is 1.87. The van der Waals surface area contributed by atoms with Crippen LogP contribution in [0.4, 0.5) is 0 Å². The summed E-state index contributed by atoms with van der Waals surface area (Å²) in [5.74, 6) is 1.41. The molecule has 2 aliphatic heterocycles. The first-order valence-electron chi connectivity index (χ1n) is 6.67. The van der Waals surface area contributed by atoms with Crippen LogP contribution in [0.25, 0.3) is 0 Å². The highest BCUT2D eigenvalue weighted by Crippen LogP contribution is 2.32. The van der Waals surface area contributed by atoms with Gasteiger partial charge in [0.1, 0.15) is 0 Å². The van der Waals surface area contributed by atoms with Crippen LogP contribution in [-0.4, -0.2) is 46.5 Å². The topological polar surface area (TPSA) is 32.3 Å². The molecule has 3 nitrogen and oxygen atoms in total. The van der Waals surface area contributed by atoms with Gasteiger partial charge < -0.3 is 10.2 Å². The van der Waals surface area contributed by atoms with Crippen molar-refractivity contribution in [2.75, 3.05) is 25.4 Å². The molecule has 0 spiro atoms. The Kier molecular flexibility index (Phi) is 3.74. The maximum Gasteiger partial charge on any atom is 0.242 e. The summed E-state index contributed by atoms with van der Waals surface area (Å²) >= 11 is 1.98. The van der Waals surface area contributed by atoms with E-state index in [1.165, 1.54) is 0 Å². The molecule has 17 heavy (non-hydrogen) atoms. The van der Waals surface area contributed by atoms with Crippen molar-refractivity contribution in [3.8, 4) is 0 Å². The van der Waals surface area contributed by atoms with Gasteiger partial charge in [-0.15, -0.1) is 0 Å². The average Bonchev–Trinajstić information content (AvgIpc) is 2.76. The Hall–Kier alpha value is -0.220. The van der Waals surface area contributed by atoms with Gasteiger partial charge in [-0.3, -0.25) is 4.79 Å². The first-order valence-corrected chi connectivity index (χ1v) is 7.66. The largest absolute Gasteiger partial charge is 0.339 e. The molecule has 0 aromatic carbocycles. The monoisotopic (exact) mass is 256 g/mol. The van der Waals surface area contributed by atoms with E-state index in [0.29, 0.717) is 5.91 Å². The normalized spacial score (nSPS) is 32.8. The maximum atomic E-state index is 12.7. The van der Waals surface area contributed by atoms with Gasteiger partial charge in [0, 0.05) is 23.6 Å². The Morgan fingerprint density at radius 3 is 2.76 bits per heavy atom. The van der Waals surface area contributed by atoms with Gasteiger partial charge in [0.2, 0.25) is 5.91 Å². The molecule has 0 radical (unpaired) electrons. The SMILES string of the molecule is CCC1(C(=O)N2CCSC(C)(C)C2)CCCN1. The van der Waals surface area contributed by atoms with Crippen LogP contribution in [0.5, 0.6) is 0 Å². The van der Waals surface area contributed by atoms with Crippen molar-refractivity contribution in [1.82, 2.24) is 10.2 Å². The fourth-order valence-electron chi connectivity index (χ4n) is 2.93. The number of thioether (sulfide) groups is 1. The number of hydrogen-bond donors (Lipinski definition) is 1. The second kappa shape index (κ2) is 4.81. The van der Waals surface area contributed by atoms with E-state index in [-0.39, 0.29) is 10.3 Å². The van der Waals surface area contributed by atoms with Crippen molar-refractivity contribution in [2.24, 2.45) is 0 Å². The van der Waals surface area contributed by atoms with Crippen LogP contribution >= 0.6 is 11.8 Å². The molecule has 2 saturated heterocycles. The zero-order chi connectivity index (χ0) is 12.5. The Bertz CT molecular complexity index is 298. The summed E-state index contributed by atoms with van der Waals surface area (Å²) in [6, 6.07) is 0. The third-order valence-electron chi connectivity index (χ3n) is 3.97. The number of carbonyl (C=O) groups excluding carboxylic acids is 1. The van der Waals surface area contributed by atoms with Crippen molar-refractivity contribution in [1.29, 1.82) is 0 Å². The Morgan fingerprint density at radius 1 is 1.47 bits per heavy atom. The highest BCUT2D eigenvalue weighted by atomic mass is 32.2. The summed E-state index contributed by atoms with van der Waals surface area (Å²) in [6.07, 6.45) is 3.05. The number of nitrogens with zero attached hydrogens (tertiary/aromatic N) is 1. The molecule has 2 fully saturated rings. The van der Waals surface area contributed by atoms with Gasteiger partial charge in [-0.05, 0) is 39.7 Å². The second-order valence-corrected chi connectivity index (χ2v) is 7.60. The zero-order valence-electron chi connectivity index (χ0n) is 11.2. The molecule has 0 aromatic rings. The fourth-order valence-corrected chi connectivity index (χ4v) is 4.05. The molecule has 1 amide bonds.